The highest BCUT2D eigenvalue weighted by molar-refractivity contribution is 5.57. The first-order valence-electron chi connectivity index (χ1n) is 5.87. The number of halogens is 1. The Morgan fingerprint density at radius 3 is 2.74 bits per heavy atom. The van der Waals surface area contributed by atoms with Crippen molar-refractivity contribution >= 4 is 5.69 Å². The highest BCUT2D eigenvalue weighted by Gasteiger charge is 2.09. The second-order valence-electron chi connectivity index (χ2n) is 4.11. The lowest BCUT2D eigenvalue weighted by atomic mass is 10.1. The molecule has 0 aliphatic carbocycles. The summed E-state index contributed by atoms with van der Waals surface area (Å²) in [6, 6.07) is 14.9. The molecule has 2 aromatic rings. The van der Waals surface area contributed by atoms with Crippen molar-refractivity contribution in [3.8, 4) is 6.07 Å². The van der Waals surface area contributed by atoms with Gasteiger partial charge in [0.15, 0.2) is 0 Å². The molecule has 1 unspecified atom stereocenters. The smallest absolute Gasteiger partial charge is 0.123 e. The Hall–Kier alpha value is -2.38. The number of para-hydroxylation sites is 1. The van der Waals surface area contributed by atoms with Crippen molar-refractivity contribution in [2.45, 2.75) is 6.10 Å². The van der Waals surface area contributed by atoms with Crippen LogP contribution in [0.5, 0.6) is 0 Å². The van der Waals surface area contributed by atoms with Gasteiger partial charge in [0.2, 0.25) is 0 Å². The molecular formula is C15H13FN2O. The monoisotopic (exact) mass is 256 g/mol. The number of anilines is 1. The molecule has 2 aromatic carbocycles. The predicted octanol–water partition coefficient (Wildman–Crippen LogP) is 2.84. The average molecular weight is 256 g/mol. The molecule has 0 amide bonds. The normalized spacial score (nSPS) is 11.6. The minimum absolute atomic E-state index is 0.210. The highest BCUT2D eigenvalue weighted by Crippen LogP contribution is 2.18. The Labute approximate surface area is 110 Å². The van der Waals surface area contributed by atoms with Gasteiger partial charge in [0, 0.05) is 6.54 Å². The third-order valence-electron chi connectivity index (χ3n) is 2.77. The molecule has 0 spiro atoms. The van der Waals surface area contributed by atoms with Crippen LogP contribution in [0, 0.1) is 17.1 Å². The van der Waals surface area contributed by atoms with Crippen LogP contribution in [0.1, 0.15) is 17.2 Å². The maximum Gasteiger partial charge on any atom is 0.123 e. The standard InChI is InChI=1S/C15H13FN2O/c16-13-6-3-5-11(8-13)15(19)10-18-14-7-2-1-4-12(14)9-17/h1-8,15,18-19H,10H2. The van der Waals surface area contributed by atoms with Gasteiger partial charge in [-0.2, -0.15) is 5.26 Å². The lowest BCUT2D eigenvalue weighted by Crippen LogP contribution is -2.13. The van der Waals surface area contributed by atoms with E-state index in [1.807, 2.05) is 0 Å². The number of nitrogens with one attached hydrogen (secondary N) is 1. The van der Waals surface area contributed by atoms with Crippen LogP contribution >= 0.6 is 0 Å². The molecule has 0 aliphatic rings. The number of aliphatic hydroxyl groups excluding tert-OH is 1. The molecule has 0 bridgehead atoms. The fourth-order valence-corrected chi connectivity index (χ4v) is 1.77. The number of rotatable bonds is 4. The van der Waals surface area contributed by atoms with E-state index in [1.54, 1.807) is 36.4 Å². The van der Waals surface area contributed by atoms with Gasteiger partial charge in [-0.15, -0.1) is 0 Å². The van der Waals surface area contributed by atoms with Gasteiger partial charge in [0.1, 0.15) is 11.9 Å². The lowest BCUT2D eigenvalue weighted by molar-refractivity contribution is 0.191. The van der Waals surface area contributed by atoms with Gasteiger partial charge in [-0.1, -0.05) is 24.3 Å². The maximum atomic E-state index is 13.0. The first kappa shape index (κ1) is 13.1. The first-order chi connectivity index (χ1) is 9.20. The van der Waals surface area contributed by atoms with Crippen molar-refractivity contribution in [1.82, 2.24) is 0 Å². The van der Waals surface area contributed by atoms with E-state index in [2.05, 4.69) is 11.4 Å². The minimum atomic E-state index is -0.831. The Morgan fingerprint density at radius 1 is 1.21 bits per heavy atom. The summed E-state index contributed by atoms with van der Waals surface area (Å²) < 4.78 is 13.0. The Bertz CT molecular complexity index is 607. The molecule has 0 heterocycles. The maximum absolute atomic E-state index is 13.0. The largest absolute Gasteiger partial charge is 0.387 e. The van der Waals surface area contributed by atoms with Crippen molar-refractivity contribution in [2.24, 2.45) is 0 Å². The first-order valence-corrected chi connectivity index (χ1v) is 5.87. The third kappa shape index (κ3) is 3.30. The van der Waals surface area contributed by atoms with E-state index in [1.165, 1.54) is 12.1 Å². The van der Waals surface area contributed by atoms with E-state index in [0.717, 1.165) is 0 Å². The van der Waals surface area contributed by atoms with Crippen LogP contribution in [0.15, 0.2) is 48.5 Å². The van der Waals surface area contributed by atoms with Gasteiger partial charge in [-0.05, 0) is 29.8 Å². The summed E-state index contributed by atoms with van der Waals surface area (Å²) in [6.45, 7) is 0.210. The summed E-state index contributed by atoms with van der Waals surface area (Å²) in [7, 11) is 0. The molecule has 0 saturated carbocycles. The molecular weight excluding hydrogens is 243 g/mol. The van der Waals surface area contributed by atoms with Crippen LogP contribution in [-0.4, -0.2) is 11.7 Å². The molecule has 0 aromatic heterocycles. The minimum Gasteiger partial charge on any atom is -0.387 e. The molecule has 3 nitrogen and oxygen atoms in total. The fourth-order valence-electron chi connectivity index (χ4n) is 1.77. The molecule has 96 valence electrons. The van der Waals surface area contributed by atoms with Gasteiger partial charge in [0.25, 0.3) is 0 Å². The highest BCUT2D eigenvalue weighted by atomic mass is 19.1. The number of benzene rings is 2. The van der Waals surface area contributed by atoms with Crippen LogP contribution in [0.2, 0.25) is 0 Å². The number of aliphatic hydroxyl groups is 1. The van der Waals surface area contributed by atoms with Crippen molar-refractivity contribution in [3.63, 3.8) is 0 Å². The molecule has 0 radical (unpaired) electrons. The summed E-state index contributed by atoms with van der Waals surface area (Å²) in [4.78, 5) is 0. The summed E-state index contributed by atoms with van der Waals surface area (Å²) in [5.41, 5.74) is 1.66. The molecule has 0 saturated heterocycles. The number of nitriles is 1. The van der Waals surface area contributed by atoms with Crippen LogP contribution < -0.4 is 5.32 Å². The van der Waals surface area contributed by atoms with Crippen LogP contribution in [0.25, 0.3) is 0 Å². The van der Waals surface area contributed by atoms with Crippen LogP contribution in [0.3, 0.4) is 0 Å². The van der Waals surface area contributed by atoms with E-state index >= 15 is 0 Å². The van der Waals surface area contributed by atoms with Crippen LogP contribution in [0.4, 0.5) is 10.1 Å². The summed E-state index contributed by atoms with van der Waals surface area (Å²) in [5.74, 6) is -0.381. The predicted molar refractivity (Wildman–Crippen MR) is 71.0 cm³/mol. The van der Waals surface area contributed by atoms with Gasteiger partial charge < -0.3 is 10.4 Å². The van der Waals surface area contributed by atoms with Crippen LogP contribution in [-0.2, 0) is 0 Å². The molecule has 19 heavy (non-hydrogen) atoms. The van der Waals surface area contributed by atoms with E-state index in [-0.39, 0.29) is 12.4 Å². The molecule has 0 aliphatic heterocycles. The van der Waals surface area contributed by atoms with Crippen molar-refractivity contribution in [2.75, 3.05) is 11.9 Å². The number of hydrogen-bond acceptors (Lipinski definition) is 3. The van der Waals surface area contributed by atoms with E-state index < -0.39 is 6.10 Å². The van der Waals surface area contributed by atoms with Gasteiger partial charge >= 0.3 is 0 Å². The van der Waals surface area contributed by atoms with Crippen molar-refractivity contribution in [1.29, 1.82) is 5.26 Å². The Kier molecular flexibility index (Phi) is 4.11. The summed E-state index contributed by atoms with van der Waals surface area (Å²) in [5, 5.41) is 21.9. The van der Waals surface area contributed by atoms with E-state index in [4.69, 9.17) is 5.26 Å². The topological polar surface area (TPSA) is 56.0 Å². The molecule has 1 atom stereocenters. The second-order valence-corrected chi connectivity index (χ2v) is 4.11. The number of nitrogens with zero attached hydrogens (tertiary/aromatic N) is 1. The summed E-state index contributed by atoms with van der Waals surface area (Å²) in [6.07, 6.45) is -0.831. The van der Waals surface area contributed by atoms with Crippen molar-refractivity contribution < 1.29 is 9.50 Å². The second kappa shape index (κ2) is 5.98. The molecule has 4 heteroatoms. The molecule has 2 N–H and O–H groups in total. The van der Waals surface area contributed by atoms with Crippen molar-refractivity contribution in [3.05, 3.63) is 65.5 Å². The quantitative estimate of drug-likeness (QED) is 0.884. The van der Waals surface area contributed by atoms with E-state index in [9.17, 15) is 9.50 Å². The van der Waals surface area contributed by atoms with E-state index in [0.29, 0.717) is 16.8 Å². The zero-order valence-corrected chi connectivity index (χ0v) is 10.2. The van der Waals surface area contributed by atoms with Gasteiger partial charge in [-0.3, -0.25) is 0 Å². The molecule has 0 fully saturated rings. The van der Waals surface area contributed by atoms with Gasteiger partial charge in [0.05, 0.1) is 17.4 Å². The third-order valence-corrected chi connectivity index (χ3v) is 2.77. The number of hydrogen-bond donors (Lipinski definition) is 2. The zero-order chi connectivity index (χ0) is 13.7. The Morgan fingerprint density at radius 2 is 2.00 bits per heavy atom. The average Bonchev–Trinajstić information content (AvgIpc) is 2.45. The summed E-state index contributed by atoms with van der Waals surface area (Å²) >= 11 is 0. The lowest BCUT2D eigenvalue weighted by Gasteiger charge is -2.14. The van der Waals surface area contributed by atoms with Gasteiger partial charge in [-0.25, -0.2) is 4.39 Å². The fraction of sp³-hybridized carbons (Fsp3) is 0.133. The molecule has 2 rings (SSSR count). The SMILES string of the molecule is N#Cc1ccccc1NCC(O)c1cccc(F)c1. The zero-order valence-electron chi connectivity index (χ0n) is 10.2. The Balaban J connectivity index is 2.05.